The number of rotatable bonds is 5. The van der Waals surface area contributed by atoms with Crippen LogP contribution >= 0.6 is 0 Å². The molecule has 1 atom stereocenters. The summed E-state index contributed by atoms with van der Waals surface area (Å²) in [4.78, 5) is 10.2. The number of esters is 1. The van der Waals surface area contributed by atoms with Crippen LogP contribution in [0.15, 0.2) is 29.2 Å². The fraction of sp³-hybridized carbons (Fsp3) is 0.364. The predicted molar refractivity (Wildman–Crippen MR) is 64.7 cm³/mol. The molecular formula is C11H12F3NO5S. The minimum Gasteiger partial charge on any atom is -0.468 e. The molecule has 0 radical (unpaired) electrons. The molecular weight excluding hydrogens is 315 g/mol. The Kier molecular flexibility index (Phi) is 5.31. The quantitative estimate of drug-likeness (QED) is 0.769. The van der Waals surface area contributed by atoms with Gasteiger partial charge < -0.3 is 9.84 Å². The smallest absolute Gasteiger partial charge is 0.417 e. The van der Waals surface area contributed by atoms with Crippen LogP contribution in [0.1, 0.15) is 5.56 Å². The molecule has 0 aromatic heterocycles. The lowest BCUT2D eigenvalue weighted by atomic mass is 10.2. The molecule has 1 aromatic rings. The number of hydrogen-bond donors (Lipinski definition) is 2. The van der Waals surface area contributed by atoms with Crippen LogP contribution in [0, 0.1) is 0 Å². The van der Waals surface area contributed by atoms with Gasteiger partial charge in [0.1, 0.15) is 6.04 Å². The molecule has 10 heteroatoms. The lowest BCUT2D eigenvalue weighted by Crippen LogP contribution is -2.44. The summed E-state index contributed by atoms with van der Waals surface area (Å²) in [6.07, 6.45) is -4.88. The second-order valence-corrected chi connectivity index (χ2v) is 5.56. The van der Waals surface area contributed by atoms with E-state index in [0.717, 1.165) is 25.3 Å². The van der Waals surface area contributed by atoms with Crippen molar-refractivity contribution in [1.29, 1.82) is 0 Å². The monoisotopic (exact) mass is 327 g/mol. The van der Waals surface area contributed by atoms with Gasteiger partial charge in [0, 0.05) is 0 Å². The molecule has 0 saturated heterocycles. The Hall–Kier alpha value is -1.65. The number of hydrogen-bond acceptors (Lipinski definition) is 5. The summed E-state index contributed by atoms with van der Waals surface area (Å²) in [6, 6.07) is 1.79. The zero-order valence-electron chi connectivity index (χ0n) is 10.7. The summed E-state index contributed by atoms with van der Waals surface area (Å²) in [5.74, 6) is -1.12. The third-order valence-corrected chi connectivity index (χ3v) is 3.98. The molecule has 0 heterocycles. The summed E-state index contributed by atoms with van der Waals surface area (Å²) in [7, 11) is -3.72. The van der Waals surface area contributed by atoms with Crippen LogP contribution < -0.4 is 4.72 Å². The topological polar surface area (TPSA) is 92.7 Å². The van der Waals surface area contributed by atoms with Crippen LogP contribution in [0.2, 0.25) is 0 Å². The van der Waals surface area contributed by atoms with E-state index < -0.39 is 45.3 Å². The summed E-state index contributed by atoms with van der Waals surface area (Å²) < 4.78 is 68.2. The van der Waals surface area contributed by atoms with Gasteiger partial charge in [0.05, 0.1) is 24.2 Å². The summed E-state index contributed by atoms with van der Waals surface area (Å²) in [6.45, 7) is -0.958. The van der Waals surface area contributed by atoms with Gasteiger partial charge in [-0.25, -0.2) is 8.42 Å². The van der Waals surface area contributed by atoms with Crippen molar-refractivity contribution in [3.8, 4) is 0 Å². The molecule has 1 aromatic carbocycles. The van der Waals surface area contributed by atoms with E-state index >= 15 is 0 Å². The molecule has 118 valence electrons. The van der Waals surface area contributed by atoms with Gasteiger partial charge in [-0.2, -0.15) is 17.9 Å². The third kappa shape index (κ3) is 4.16. The molecule has 2 N–H and O–H groups in total. The number of carbonyl (C=O) groups is 1. The van der Waals surface area contributed by atoms with E-state index in [9.17, 15) is 26.4 Å². The predicted octanol–water partition coefficient (Wildman–Crippen LogP) is 0.518. The molecule has 0 aliphatic rings. The van der Waals surface area contributed by atoms with Crippen molar-refractivity contribution in [2.24, 2.45) is 0 Å². The number of methoxy groups -OCH3 is 1. The van der Waals surface area contributed by atoms with E-state index in [1.54, 1.807) is 4.72 Å². The van der Waals surface area contributed by atoms with Gasteiger partial charge in [0.25, 0.3) is 0 Å². The van der Waals surface area contributed by atoms with Crippen LogP contribution in [0.25, 0.3) is 0 Å². The normalized spacial score (nSPS) is 13.8. The molecule has 0 fully saturated rings. The first-order valence-electron chi connectivity index (χ1n) is 5.50. The Labute approximate surface area is 118 Å². The highest BCUT2D eigenvalue weighted by Crippen LogP contribution is 2.33. The molecule has 6 nitrogen and oxygen atoms in total. The van der Waals surface area contributed by atoms with E-state index in [1.807, 2.05) is 0 Å². The van der Waals surface area contributed by atoms with E-state index in [1.165, 1.54) is 0 Å². The maximum Gasteiger partial charge on any atom is 0.417 e. The lowest BCUT2D eigenvalue weighted by molar-refractivity contribution is -0.143. The molecule has 1 unspecified atom stereocenters. The number of aliphatic hydroxyl groups is 1. The minimum atomic E-state index is -4.88. The van der Waals surface area contributed by atoms with Gasteiger partial charge in [-0.1, -0.05) is 12.1 Å². The average molecular weight is 327 g/mol. The lowest BCUT2D eigenvalue weighted by Gasteiger charge is -2.17. The Morgan fingerprint density at radius 3 is 2.43 bits per heavy atom. The van der Waals surface area contributed by atoms with Crippen LogP contribution in [-0.4, -0.2) is 39.3 Å². The Bertz CT molecular complexity index is 615. The van der Waals surface area contributed by atoms with Crippen molar-refractivity contribution in [2.75, 3.05) is 13.7 Å². The average Bonchev–Trinajstić information content (AvgIpc) is 2.43. The first-order valence-corrected chi connectivity index (χ1v) is 6.99. The Morgan fingerprint density at radius 1 is 1.38 bits per heavy atom. The van der Waals surface area contributed by atoms with Gasteiger partial charge >= 0.3 is 12.1 Å². The highest BCUT2D eigenvalue weighted by atomic mass is 32.2. The third-order valence-electron chi connectivity index (χ3n) is 2.45. The van der Waals surface area contributed by atoms with Crippen LogP contribution in [-0.2, 0) is 25.7 Å². The van der Waals surface area contributed by atoms with Gasteiger partial charge in [-0.3, -0.25) is 4.79 Å². The molecule has 0 bridgehead atoms. The Morgan fingerprint density at radius 2 is 1.95 bits per heavy atom. The fourth-order valence-corrected chi connectivity index (χ4v) is 2.89. The minimum absolute atomic E-state index is 0.598. The van der Waals surface area contributed by atoms with Crippen molar-refractivity contribution < 1.29 is 36.2 Å². The standard InChI is InChI=1S/C11H12F3NO5S/c1-20-10(17)8(6-16)15-21(18,19)9-5-3-2-4-7(9)11(12,13)14/h2-5,8,15-16H,6H2,1H3. The van der Waals surface area contributed by atoms with Crippen molar-refractivity contribution in [1.82, 2.24) is 4.72 Å². The fourth-order valence-electron chi connectivity index (χ4n) is 1.49. The van der Waals surface area contributed by atoms with Crippen molar-refractivity contribution in [3.63, 3.8) is 0 Å². The second-order valence-electron chi connectivity index (χ2n) is 3.87. The highest BCUT2D eigenvalue weighted by molar-refractivity contribution is 7.89. The largest absolute Gasteiger partial charge is 0.468 e. The summed E-state index contributed by atoms with van der Waals surface area (Å²) in [5.41, 5.74) is -1.38. The molecule has 0 amide bonds. The van der Waals surface area contributed by atoms with E-state index in [2.05, 4.69) is 4.74 Å². The van der Waals surface area contributed by atoms with E-state index in [-0.39, 0.29) is 0 Å². The van der Waals surface area contributed by atoms with Gasteiger partial charge in [0.15, 0.2) is 0 Å². The summed E-state index contributed by atoms with van der Waals surface area (Å²) in [5, 5.41) is 8.92. The molecule has 0 aliphatic heterocycles. The zero-order valence-corrected chi connectivity index (χ0v) is 11.5. The van der Waals surface area contributed by atoms with Crippen molar-refractivity contribution >= 4 is 16.0 Å². The number of nitrogens with one attached hydrogen (secondary N) is 1. The maximum absolute atomic E-state index is 12.8. The molecule has 0 aliphatic carbocycles. The van der Waals surface area contributed by atoms with Gasteiger partial charge in [0.2, 0.25) is 10.0 Å². The number of halogens is 3. The maximum atomic E-state index is 12.8. The first-order chi connectivity index (χ1) is 9.63. The zero-order chi connectivity index (χ0) is 16.3. The van der Waals surface area contributed by atoms with Crippen molar-refractivity contribution in [3.05, 3.63) is 29.8 Å². The SMILES string of the molecule is COC(=O)C(CO)NS(=O)(=O)c1ccccc1C(F)(F)F. The Balaban J connectivity index is 3.23. The van der Waals surface area contributed by atoms with Crippen LogP contribution in [0.4, 0.5) is 13.2 Å². The van der Waals surface area contributed by atoms with E-state index in [4.69, 9.17) is 5.11 Å². The first kappa shape index (κ1) is 17.4. The van der Waals surface area contributed by atoms with Gasteiger partial charge in [-0.05, 0) is 12.1 Å². The number of carbonyl (C=O) groups excluding carboxylic acids is 1. The molecule has 1 rings (SSSR count). The van der Waals surface area contributed by atoms with Crippen LogP contribution in [0.5, 0.6) is 0 Å². The second kappa shape index (κ2) is 6.41. The highest BCUT2D eigenvalue weighted by Gasteiger charge is 2.38. The number of ether oxygens (including phenoxy) is 1. The number of sulfonamides is 1. The van der Waals surface area contributed by atoms with Gasteiger partial charge in [-0.15, -0.1) is 0 Å². The number of alkyl halides is 3. The van der Waals surface area contributed by atoms with E-state index in [0.29, 0.717) is 6.07 Å². The number of benzene rings is 1. The molecule has 0 spiro atoms. The number of aliphatic hydroxyl groups excluding tert-OH is 1. The molecule has 0 saturated carbocycles. The van der Waals surface area contributed by atoms with Crippen molar-refractivity contribution in [2.45, 2.75) is 17.1 Å². The summed E-state index contributed by atoms with van der Waals surface area (Å²) >= 11 is 0. The molecule has 21 heavy (non-hydrogen) atoms. The van der Waals surface area contributed by atoms with Crippen LogP contribution in [0.3, 0.4) is 0 Å².